The number of rotatable bonds is 5. The van der Waals surface area contributed by atoms with Gasteiger partial charge in [0.2, 0.25) is 5.44 Å². The fourth-order valence-electron chi connectivity index (χ4n) is 2.71. The number of nitrogens with zero attached hydrogens (tertiary/aromatic N) is 1. The Morgan fingerprint density at radius 2 is 1.92 bits per heavy atom. The van der Waals surface area contributed by atoms with Gasteiger partial charge in [-0.25, -0.2) is 17.1 Å². The second-order valence-corrected chi connectivity index (χ2v) is 7.47. The molecule has 1 unspecified atom stereocenters. The summed E-state index contributed by atoms with van der Waals surface area (Å²) in [4.78, 5) is 0. The van der Waals surface area contributed by atoms with Gasteiger partial charge in [-0.2, -0.15) is 0 Å². The molecule has 2 aromatic carbocycles. The SMILES string of the molecule is CNCCCC1Oc2cc(F)ccc2N(c2ccccc2)S1(=O)=O.Cl. The van der Waals surface area contributed by atoms with Crippen molar-refractivity contribution in [1.29, 1.82) is 0 Å². The molecule has 0 amide bonds. The van der Waals surface area contributed by atoms with Crippen molar-refractivity contribution in [3.8, 4) is 5.75 Å². The van der Waals surface area contributed by atoms with E-state index in [1.165, 1.54) is 22.5 Å². The van der Waals surface area contributed by atoms with Gasteiger partial charge in [-0.3, -0.25) is 0 Å². The molecule has 1 aliphatic rings. The van der Waals surface area contributed by atoms with E-state index in [0.29, 0.717) is 30.8 Å². The summed E-state index contributed by atoms with van der Waals surface area (Å²) >= 11 is 0. The van der Waals surface area contributed by atoms with Crippen LogP contribution in [0.3, 0.4) is 0 Å². The zero-order chi connectivity index (χ0) is 17.2. The van der Waals surface area contributed by atoms with Crippen molar-refractivity contribution in [1.82, 2.24) is 5.32 Å². The van der Waals surface area contributed by atoms with Crippen LogP contribution in [0.2, 0.25) is 0 Å². The monoisotopic (exact) mass is 386 g/mol. The molecule has 0 radical (unpaired) electrons. The van der Waals surface area contributed by atoms with Gasteiger partial charge in [-0.1, -0.05) is 18.2 Å². The van der Waals surface area contributed by atoms with Gasteiger partial charge in [0, 0.05) is 12.5 Å². The highest BCUT2D eigenvalue weighted by atomic mass is 35.5. The summed E-state index contributed by atoms with van der Waals surface area (Å²) in [5, 5.41) is 2.98. The lowest BCUT2D eigenvalue weighted by Crippen LogP contribution is -2.43. The van der Waals surface area contributed by atoms with Gasteiger partial charge in [-0.15, -0.1) is 12.4 Å². The topological polar surface area (TPSA) is 58.6 Å². The standard InChI is InChI=1S/C17H19FN2O3S.ClH/c1-19-11-5-8-17-23-16-12-13(18)9-10-15(16)20(24(17,21)22)14-6-3-2-4-7-14;/h2-4,6-7,9-10,12,17,19H,5,8,11H2,1H3;1H. The van der Waals surface area contributed by atoms with Gasteiger partial charge in [-0.05, 0) is 44.3 Å². The maximum atomic E-state index is 13.6. The highest BCUT2D eigenvalue weighted by molar-refractivity contribution is 7.93. The van der Waals surface area contributed by atoms with E-state index in [0.717, 1.165) is 0 Å². The first-order valence-corrected chi connectivity index (χ1v) is 9.24. The predicted molar refractivity (Wildman–Crippen MR) is 98.7 cm³/mol. The highest BCUT2D eigenvalue weighted by Gasteiger charge is 2.40. The maximum absolute atomic E-state index is 13.6. The maximum Gasteiger partial charge on any atom is 0.277 e. The van der Waals surface area contributed by atoms with Gasteiger partial charge in [0.1, 0.15) is 11.6 Å². The number of para-hydroxylation sites is 1. The fraction of sp³-hybridized carbons (Fsp3) is 0.294. The Morgan fingerprint density at radius 3 is 2.60 bits per heavy atom. The first kappa shape index (κ1) is 19.5. The summed E-state index contributed by atoms with van der Waals surface area (Å²) in [6.45, 7) is 0.677. The molecular formula is C17H20ClFN2O3S. The molecule has 5 nitrogen and oxygen atoms in total. The van der Waals surface area contributed by atoms with Crippen LogP contribution < -0.4 is 14.4 Å². The van der Waals surface area contributed by atoms with E-state index in [4.69, 9.17) is 4.74 Å². The smallest absolute Gasteiger partial charge is 0.277 e. The zero-order valence-electron chi connectivity index (χ0n) is 13.7. The molecule has 2 aromatic rings. The quantitative estimate of drug-likeness (QED) is 0.800. The Hall–Kier alpha value is -1.83. The van der Waals surface area contributed by atoms with Gasteiger partial charge in [0.25, 0.3) is 10.0 Å². The third-order valence-electron chi connectivity index (χ3n) is 3.84. The Bertz CT molecular complexity index is 818. The Balaban J connectivity index is 0.00000225. The molecule has 136 valence electrons. The number of hydrogen-bond donors (Lipinski definition) is 1. The van der Waals surface area contributed by atoms with Crippen LogP contribution in [0.4, 0.5) is 15.8 Å². The zero-order valence-corrected chi connectivity index (χ0v) is 15.3. The van der Waals surface area contributed by atoms with Crippen LogP contribution in [0, 0.1) is 5.82 Å². The van der Waals surface area contributed by atoms with Crippen molar-refractivity contribution in [2.24, 2.45) is 0 Å². The minimum atomic E-state index is -3.76. The molecular weight excluding hydrogens is 367 g/mol. The van der Waals surface area contributed by atoms with E-state index < -0.39 is 21.3 Å². The molecule has 3 rings (SSSR count). The average Bonchev–Trinajstić information content (AvgIpc) is 2.56. The lowest BCUT2D eigenvalue weighted by Gasteiger charge is -2.35. The van der Waals surface area contributed by atoms with E-state index in [1.54, 1.807) is 31.3 Å². The molecule has 0 saturated carbocycles. The lowest BCUT2D eigenvalue weighted by molar-refractivity contribution is 0.253. The molecule has 0 bridgehead atoms. The molecule has 0 saturated heterocycles. The average molecular weight is 387 g/mol. The van der Waals surface area contributed by atoms with Crippen molar-refractivity contribution in [2.45, 2.75) is 18.3 Å². The number of fused-ring (bicyclic) bond motifs is 1. The molecule has 1 heterocycles. The van der Waals surface area contributed by atoms with Crippen molar-refractivity contribution in [3.63, 3.8) is 0 Å². The van der Waals surface area contributed by atoms with E-state index >= 15 is 0 Å². The second kappa shape index (κ2) is 8.03. The molecule has 1 atom stereocenters. The Morgan fingerprint density at radius 1 is 1.20 bits per heavy atom. The van der Waals surface area contributed by atoms with E-state index in [9.17, 15) is 12.8 Å². The van der Waals surface area contributed by atoms with Crippen LogP contribution in [0.1, 0.15) is 12.8 Å². The Labute approximate surface area is 153 Å². The van der Waals surface area contributed by atoms with Crippen LogP contribution in [0.5, 0.6) is 5.75 Å². The van der Waals surface area contributed by atoms with Crippen LogP contribution in [0.25, 0.3) is 0 Å². The fourth-order valence-corrected chi connectivity index (χ4v) is 4.48. The minimum absolute atomic E-state index is 0. The lowest BCUT2D eigenvalue weighted by atomic mass is 10.2. The number of hydrogen-bond acceptors (Lipinski definition) is 4. The second-order valence-electron chi connectivity index (χ2n) is 5.55. The minimum Gasteiger partial charge on any atom is -0.470 e. The third-order valence-corrected chi connectivity index (χ3v) is 5.76. The number of nitrogens with one attached hydrogen (secondary N) is 1. The van der Waals surface area contributed by atoms with E-state index in [1.807, 2.05) is 6.07 Å². The van der Waals surface area contributed by atoms with Crippen molar-refractivity contribution in [3.05, 3.63) is 54.3 Å². The number of halogens is 2. The van der Waals surface area contributed by atoms with Crippen LogP contribution in [0.15, 0.2) is 48.5 Å². The Kier molecular flexibility index (Phi) is 6.26. The number of anilines is 2. The number of ether oxygens (including phenoxy) is 1. The molecule has 0 aromatic heterocycles. The van der Waals surface area contributed by atoms with Gasteiger partial charge in [0.15, 0.2) is 0 Å². The summed E-state index contributed by atoms with van der Waals surface area (Å²) in [5.74, 6) is -0.224. The number of sulfonamides is 1. The van der Waals surface area contributed by atoms with Crippen molar-refractivity contribution < 1.29 is 17.5 Å². The van der Waals surface area contributed by atoms with Crippen LogP contribution in [-0.4, -0.2) is 27.4 Å². The molecule has 1 N–H and O–H groups in total. The van der Waals surface area contributed by atoms with E-state index in [-0.39, 0.29) is 18.2 Å². The van der Waals surface area contributed by atoms with Gasteiger partial charge >= 0.3 is 0 Å². The largest absolute Gasteiger partial charge is 0.470 e. The normalized spacial score (nSPS) is 18.0. The predicted octanol–water partition coefficient (Wildman–Crippen LogP) is 3.43. The van der Waals surface area contributed by atoms with Crippen molar-refractivity contribution >= 4 is 33.8 Å². The molecule has 0 fully saturated rings. The summed E-state index contributed by atoms with van der Waals surface area (Å²) in [6, 6.07) is 12.6. The summed E-state index contributed by atoms with van der Waals surface area (Å²) in [6.07, 6.45) is 0.954. The third kappa shape index (κ3) is 3.89. The first-order chi connectivity index (χ1) is 11.5. The molecule has 8 heteroatoms. The molecule has 1 aliphatic heterocycles. The van der Waals surface area contributed by atoms with Gasteiger partial charge in [0.05, 0.1) is 11.4 Å². The van der Waals surface area contributed by atoms with Crippen LogP contribution >= 0.6 is 12.4 Å². The first-order valence-electron chi connectivity index (χ1n) is 7.74. The molecule has 0 spiro atoms. The number of benzene rings is 2. The summed E-state index contributed by atoms with van der Waals surface area (Å²) < 4.78 is 46.6. The van der Waals surface area contributed by atoms with Crippen LogP contribution in [-0.2, 0) is 10.0 Å². The highest BCUT2D eigenvalue weighted by Crippen LogP contribution is 2.43. The van der Waals surface area contributed by atoms with Crippen molar-refractivity contribution in [2.75, 3.05) is 17.9 Å². The van der Waals surface area contributed by atoms with Gasteiger partial charge < -0.3 is 10.1 Å². The van der Waals surface area contributed by atoms with E-state index in [2.05, 4.69) is 5.32 Å². The summed E-state index contributed by atoms with van der Waals surface area (Å²) in [7, 11) is -1.96. The molecule has 25 heavy (non-hydrogen) atoms. The molecule has 0 aliphatic carbocycles. The summed E-state index contributed by atoms with van der Waals surface area (Å²) in [5.41, 5.74) is -0.208.